The van der Waals surface area contributed by atoms with E-state index >= 15 is 0 Å². The van der Waals surface area contributed by atoms with Crippen molar-refractivity contribution < 1.29 is 9.84 Å². The lowest BCUT2D eigenvalue weighted by Gasteiger charge is -2.04. The number of halogens is 1. The molecule has 0 aliphatic carbocycles. The van der Waals surface area contributed by atoms with E-state index in [1.807, 2.05) is 25.1 Å². The molecule has 1 N–H and O–H groups in total. The molecule has 0 fully saturated rings. The predicted octanol–water partition coefficient (Wildman–Crippen LogP) is 4.11. The second-order valence-corrected chi connectivity index (χ2v) is 4.56. The molecule has 0 amide bonds. The number of benzene rings is 2. The zero-order chi connectivity index (χ0) is 13.8. The molecule has 19 heavy (non-hydrogen) atoms. The standard InChI is InChI=1S/C15H14ClNO2/c1-10-3-5-12(16)8-13(10)17-9-11-4-6-14(18)15(7-11)19-2/h3-9,18H,1-2H3. The topological polar surface area (TPSA) is 41.8 Å². The van der Waals surface area contributed by atoms with Gasteiger partial charge in [-0.3, -0.25) is 4.99 Å². The van der Waals surface area contributed by atoms with Crippen molar-refractivity contribution in [3.05, 3.63) is 52.5 Å². The molecular formula is C15H14ClNO2. The first-order valence-electron chi connectivity index (χ1n) is 5.77. The first-order valence-corrected chi connectivity index (χ1v) is 6.15. The summed E-state index contributed by atoms with van der Waals surface area (Å²) in [6.07, 6.45) is 1.71. The van der Waals surface area contributed by atoms with E-state index in [9.17, 15) is 5.11 Å². The Balaban J connectivity index is 2.29. The van der Waals surface area contributed by atoms with Crippen LogP contribution < -0.4 is 4.74 Å². The van der Waals surface area contributed by atoms with Gasteiger partial charge in [-0.2, -0.15) is 0 Å². The van der Waals surface area contributed by atoms with Crippen molar-refractivity contribution in [1.82, 2.24) is 0 Å². The summed E-state index contributed by atoms with van der Waals surface area (Å²) in [5.74, 6) is 0.533. The van der Waals surface area contributed by atoms with E-state index in [-0.39, 0.29) is 5.75 Å². The van der Waals surface area contributed by atoms with Gasteiger partial charge in [0.25, 0.3) is 0 Å². The van der Waals surface area contributed by atoms with Crippen molar-refractivity contribution in [2.24, 2.45) is 4.99 Å². The maximum Gasteiger partial charge on any atom is 0.161 e. The van der Waals surface area contributed by atoms with Crippen molar-refractivity contribution in [3.8, 4) is 11.5 Å². The average Bonchev–Trinajstić information content (AvgIpc) is 2.41. The van der Waals surface area contributed by atoms with Crippen LogP contribution in [-0.2, 0) is 0 Å². The van der Waals surface area contributed by atoms with E-state index in [0.29, 0.717) is 10.8 Å². The second kappa shape index (κ2) is 5.76. The number of hydrogen-bond donors (Lipinski definition) is 1. The van der Waals surface area contributed by atoms with Gasteiger partial charge in [0.15, 0.2) is 11.5 Å². The highest BCUT2D eigenvalue weighted by Gasteiger charge is 2.01. The number of rotatable bonds is 3. The Labute approximate surface area is 117 Å². The second-order valence-electron chi connectivity index (χ2n) is 4.12. The summed E-state index contributed by atoms with van der Waals surface area (Å²) >= 11 is 5.94. The van der Waals surface area contributed by atoms with Crippen LogP contribution >= 0.6 is 11.6 Å². The Bertz CT molecular complexity index is 624. The van der Waals surface area contributed by atoms with E-state index in [0.717, 1.165) is 16.8 Å². The number of hydrogen-bond acceptors (Lipinski definition) is 3. The molecule has 0 spiro atoms. The minimum absolute atomic E-state index is 0.110. The van der Waals surface area contributed by atoms with Gasteiger partial charge in [0.05, 0.1) is 12.8 Å². The van der Waals surface area contributed by atoms with Crippen molar-refractivity contribution in [3.63, 3.8) is 0 Å². The summed E-state index contributed by atoms with van der Waals surface area (Å²) in [7, 11) is 1.51. The average molecular weight is 276 g/mol. The van der Waals surface area contributed by atoms with E-state index in [1.165, 1.54) is 7.11 Å². The van der Waals surface area contributed by atoms with Crippen molar-refractivity contribution in [2.75, 3.05) is 7.11 Å². The zero-order valence-electron chi connectivity index (χ0n) is 10.7. The summed E-state index contributed by atoms with van der Waals surface area (Å²) in [5, 5.41) is 10.2. The summed E-state index contributed by atoms with van der Waals surface area (Å²) in [4.78, 5) is 4.40. The van der Waals surface area contributed by atoms with E-state index < -0.39 is 0 Å². The molecule has 0 bridgehead atoms. The molecule has 4 heteroatoms. The van der Waals surface area contributed by atoms with Crippen LogP contribution in [0.5, 0.6) is 11.5 Å². The monoisotopic (exact) mass is 275 g/mol. The highest BCUT2D eigenvalue weighted by atomic mass is 35.5. The van der Waals surface area contributed by atoms with Crippen molar-refractivity contribution in [1.29, 1.82) is 0 Å². The molecule has 0 aromatic heterocycles. The molecule has 0 aliphatic heterocycles. The summed E-state index contributed by atoms with van der Waals surface area (Å²) in [6, 6.07) is 10.6. The van der Waals surface area contributed by atoms with Gasteiger partial charge < -0.3 is 9.84 Å². The molecule has 0 unspecified atom stereocenters. The van der Waals surface area contributed by atoms with Gasteiger partial charge in [-0.15, -0.1) is 0 Å². The van der Waals surface area contributed by atoms with Crippen LogP contribution in [0.2, 0.25) is 5.02 Å². The van der Waals surface area contributed by atoms with Crippen molar-refractivity contribution in [2.45, 2.75) is 6.92 Å². The molecule has 0 saturated heterocycles. The van der Waals surface area contributed by atoms with Crippen LogP contribution in [0, 0.1) is 6.92 Å². The number of methoxy groups -OCH3 is 1. The molecule has 0 aliphatic rings. The highest BCUT2D eigenvalue weighted by molar-refractivity contribution is 6.30. The van der Waals surface area contributed by atoms with Gasteiger partial charge in [-0.25, -0.2) is 0 Å². The van der Waals surface area contributed by atoms with Gasteiger partial charge in [0.1, 0.15) is 0 Å². The minimum Gasteiger partial charge on any atom is -0.504 e. The predicted molar refractivity (Wildman–Crippen MR) is 78.1 cm³/mol. The fraction of sp³-hybridized carbons (Fsp3) is 0.133. The smallest absolute Gasteiger partial charge is 0.161 e. The number of nitrogens with zero attached hydrogens (tertiary/aromatic N) is 1. The number of aromatic hydroxyl groups is 1. The van der Waals surface area contributed by atoms with Crippen molar-refractivity contribution >= 4 is 23.5 Å². The van der Waals surface area contributed by atoms with Crippen LogP contribution in [0.1, 0.15) is 11.1 Å². The molecule has 2 aromatic rings. The third-order valence-corrected chi connectivity index (χ3v) is 2.96. The molecular weight excluding hydrogens is 262 g/mol. The Morgan fingerprint density at radius 2 is 2.00 bits per heavy atom. The Morgan fingerprint density at radius 3 is 2.74 bits per heavy atom. The van der Waals surface area contributed by atoms with E-state index in [2.05, 4.69) is 4.99 Å². The normalized spacial score (nSPS) is 10.9. The number of aliphatic imine (C=N–C) groups is 1. The fourth-order valence-electron chi connectivity index (χ4n) is 1.64. The molecule has 0 saturated carbocycles. The van der Waals surface area contributed by atoms with E-state index in [1.54, 1.807) is 24.4 Å². The lowest BCUT2D eigenvalue weighted by Crippen LogP contribution is -1.87. The summed E-state index contributed by atoms with van der Waals surface area (Å²) in [6.45, 7) is 1.97. The van der Waals surface area contributed by atoms with Crippen LogP contribution in [0.15, 0.2) is 41.4 Å². The Hall–Kier alpha value is -2.00. The number of phenols is 1. The lowest BCUT2D eigenvalue weighted by atomic mass is 10.2. The first kappa shape index (κ1) is 13.4. The van der Waals surface area contributed by atoms with Gasteiger partial charge in [0.2, 0.25) is 0 Å². The van der Waals surface area contributed by atoms with Gasteiger partial charge in [-0.1, -0.05) is 17.7 Å². The quantitative estimate of drug-likeness (QED) is 0.857. The van der Waals surface area contributed by atoms with E-state index in [4.69, 9.17) is 16.3 Å². The van der Waals surface area contributed by atoms with Crippen LogP contribution in [-0.4, -0.2) is 18.4 Å². The molecule has 98 valence electrons. The third-order valence-electron chi connectivity index (χ3n) is 2.73. The Kier molecular flexibility index (Phi) is 4.07. The minimum atomic E-state index is 0.110. The number of ether oxygens (including phenoxy) is 1. The molecule has 0 radical (unpaired) electrons. The van der Waals surface area contributed by atoms with Crippen LogP contribution in [0.4, 0.5) is 5.69 Å². The van der Waals surface area contributed by atoms with Crippen LogP contribution in [0.25, 0.3) is 0 Å². The highest BCUT2D eigenvalue weighted by Crippen LogP contribution is 2.26. The number of phenolic OH excluding ortho intramolecular Hbond substituents is 1. The SMILES string of the molecule is COc1cc(C=Nc2cc(Cl)ccc2C)ccc1O. The molecule has 2 rings (SSSR count). The maximum absolute atomic E-state index is 9.51. The maximum atomic E-state index is 9.51. The van der Waals surface area contributed by atoms with Gasteiger partial charge in [-0.05, 0) is 48.4 Å². The van der Waals surface area contributed by atoms with Gasteiger partial charge in [0, 0.05) is 11.2 Å². The van der Waals surface area contributed by atoms with Gasteiger partial charge >= 0.3 is 0 Å². The largest absolute Gasteiger partial charge is 0.504 e. The third kappa shape index (κ3) is 3.26. The molecule has 0 heterocycles. The first-order chi connectivity index (χ1) is 9.10. The molecule has 0 atom stereocenters. The van der Waals surface area contributed by atoms with Crippen LogP contribution in [0.3, 0.4) is 0 Å². The molecule has 3 nitrogen and oxygen atoms in total. The fourth-order valence-corrected chi connectivity index (χ4v) is 1.81. The summed E-state index contributed by atoms with van der Waals surface area (Å²) in [5.41, 5.74) is 2.71. The summed E-state index contributed by atoms with van der Waals surface area (Å²) < 4.78 is 5.05. The number of aryl methyl sites for hydroxylation is 1. The molecule has 2 aromatic carbocycles. The zero-order valence-corrected chi connectivity index (χ0v) is 11.5. The lowest BCUT2D eigenvalue weighted by molar-refractivity contribution is 0.373. The Morgan fingerprint density at radius 1 is 1.21 bits per heavy atom.